The first-order valence-electron chi connectivity index (χ1n) is 8.31. The van der Waals surface area contributed by atoms with Crippen molar-refractivity contribution < 1.29 is 23.1 Å². The summed E-state index contributed by atoms with van der Waals surface area (Å²) in [6.07, 6.45) is 1.96. The number of nitrogens with one attached hydrogen (secondary N) is 1. The van der Waals surface area contributed by atoms with Crippen LogP contribution in [0.25, 0.3) is 0 Å². The predicted octanol–water partition coefficient (Wildman–Crippen LogP) is 4.58. The number of benzene rings is 2. The number of hydrogen-bond donors (Lipinski definition) is 2. The van der Waals surface area contributed by atoms with Crippen molar-refractivity contribution >= 4 is 55.1 Å². The van der Waals surface area contributed by atoms with Crippen molar-refractivity contribution in [2.45, 2.75) is 30.2 Å². The number of aliphatic carboxylic acids is 1. The summed E-state index contributed by atoms with van der Waals surface area (Å²) in [6, 6.07) is 7.25. The molecule has 10 heteroatoms. The Morgan fingerprint density at radius 2 is 2.04 bits per heavy atom. The number of carbonyl (C=O) groups is 1. The molecule has 0 bridgehead atoms. The Morgan fingerprint density at radius 1 is 1.29 bits per heavy atom. The van der Waals surface area contributed by atoms with Crippen molar-refractivity contribution in [1.82, 2.24) is 4.72 Å². The van der Waals surface area contributed by atoms with E-state index in [1.54, 1.807) is 6.07 Å². The third-order valence-corrected chi connectivity index (χ3v) is 6.98. The number of rotatable bonds is 6. The van der Waals surface area contributed by atoms with Gasteiger partial charge in [0.15, 0.2) is 6.61 Å². The molecule has 1 aliphatic rings. The van der Waals surface area contributed by atoms with Gasteiger partial charge in [-0.2, -0.15) is 0 Å². The number of fused-ring (bicyclic) bond motifs is 1. The molecule has 0 heterocycles. The summed E-state index contributed by atoms with van der Waals surface area (Å²) in [6.45, 7) is -0.475. The molecule has 0 fully saturated rings. The molecule has 1 atom stereocenters. The summed E-state index contributed by atoms with van der Waals surface area (Å²) in [7, 11) is -3.92. The van der Waals surface area contributed by atoms with Gasteiger partial charge in [0.2, 0.25) is 10.0 Å². The van der Waals surface area contributed by atoms with E-state index in [9.17, 15) is 13.2 Å². The molecule has 0 saturated carbocycles. The van der Waals surface area contributed by atoms with Gasteiger partial charge in [0.25, 0.3) is 0 Å². The van der Waals surface area contributed by atoms with Crippen LogP contribution >= 0.6 is 39.1 Å². The van der Waals surface area contributed by atoms with Crippen LogP contribution in [0, 0.1) is 0 Å². The highest BCUT2D eigenvalue weighted by molar-refractivity contribution is 9.10. The Labute approximate surface area is 181 Å². The highest BCUT2D eigenvalue weighted by Crippen LogP contribution is 2.39. The van der Waals surface area contributed by atoms with Crippen molar-refractivity contribution in [3.63, 3.8) is 0 Å². The fraction of sp³-hybridized carbons (Fsp3) is 0.278. The zero-order valence-electron chi connectivity index (χ0n) is 14.4. The highest BCUT2D eigenvalue weighted by atomic mass is 79.9. The van der Waals surface area contributed by atoms with Gasteiger partial charge in [-0.25, -0.2) is 17.9 Å². The number of carboxylic acids is 1. The lowest BCUT2D eigenvalue weighted by molar-refractivity contribution is -0.139. The standard InChI is InChI=1S/C18H16BrCl2NO5S/c19-10-6-13-12(16(7-10)27-9-18(23)24)2-1-3-15(13)22-28(25,26)17-8-11(20)4-5-14(17)21/h4-8,15,22H,1-3,9H2,(H,23,24)/t15-/m1/s1. The summed E-state index contributed by atoms with van der Waals surface area (Å²) in [5.74, 6) is -0.658. The maximum atomic E-state index is 12.9. The van der Waals surface area contributed by atoms with Crippen LogP contribution in [0.15, 0.2) is 39.7 Å². The third-order valence-electron chi connectivity index (χ3n) is 4.33. The van der Waals surface area contributed by atoms with Crippen LogP contribution in [0.1, 0.15) is 30.0 Å². The first-order chi connectivity index (χ1) is 13.2. The van der Waals surface area contributed by atoms with Crippen molar-refractivity contribution in [1.29, 1.82) is 0 Å². The molecule has 2 aromatic rings. The predicted molar refractivity (Wildman–Crippen MR) is 110 cm³/mol. The van der Waals surface area contributed by atoms with E-state index in [0.717, 1.165) is 11.1 Å². The molecule has 0 amide bonds. The second kappa shape index (κ2) is 8.59. The summed E-state index contributed by atoms with van der Waals surface area (Å²) in [5.41, 5.74) is 1.53. The zero-order chi connectivity index (χ0) is 20.5. The number of ether oxygens (including phenoxy) is 1. The van der Waals surface area contributed by atoms with Crippen LogP contribution in [-0.4, -0.2) is 26.1 Å². The first-order valence-corrected chi connectivity index (χ1v) is 11.3. The highest BCUT2D eigenvalue weighted by Gasteiger charge is 2.29. The van der Waals surface area contributed by atoms with Gasteiger partial charge in [-0.05, 0) is 60.7 Å². The van der Waals surface area contributed by atoms with E-state index in [1.165, 1.54) is 18.2 Å². The lowest BCUT2D eigenvalue weighted by atomic mass is 9.87. The molecule has 28 heavy (non-hydrogen) atoms. The monoisotopic (exact) mass is 507 g/mol. The molecule has 0 spiro atoms. The topological polar surface area (TPSA) is 92.7 Å². The number of hydrogen-bond acceptors (Lipinski definition) is 4. The molecule has 0 aliphatic heterocycles. The van der Waals surface area contributed by atoms with Crippen molar-refractivity contribution in [2.75, 3.05) is 6.61 Å². The maximum absolute atomic E-state index is 12.9. The Kier molecular flexibility index (Phi) is 6.56. The van der Waals surface area contributed by atoms with Crippen LogP contribution in [0.2, 0.25) is 10.0 Å². The van der Waals surface area contributed by atoms with Gasteiger partial charge in [-0.3, -0.25) is 0 Å². The molecule has 150 valence electrons. The molecule has 0 aromatic heterocycles. The second-order valence-electron chi connectivity index (χ2n) is 6.29. The third kappa shape index (κ3) is 4.80. The van der Waals surface area contributed by atoms with E-state index in [1.807, 2.05) is 6.07 Å². The Balaban J connectivity index is 1.96. The van der Waals surface area contributed by atoms with Crippen molar-refractivity contribution in [3.05, 3.63) is 56.0 Å². The summed E-state index contributed by atoms with van der Waals surface area (Å²) < 4.78 is 34.5. The van der Waals surface area contributed by atoms with E-state index < -0.39 is 28.6 Å². The lowest BCUT2D eigenvalue weighted by Crippen LogP contribution is -2.31. The molecule has 0 unspecified atom stereocenters. The van der Waals surface area contributed by atoms with E-state index >= 15 is 0 Å². The summed E-state index contributed by atoms with van der Waals surface area (Å²) in [4.78, 5) is 10.8. The van der Waals surface area contributed by atoms with Crippen LogP contribution in [0.4, 0.5) is 0 Å². The van der Waals surface area contributed by atoms with Gasteiger partial charge in [0, 0.05) is 15.5 Å². The molecular formula is C18H16BrCl2NO5S. The van der Waals surface area contributed by atoms with Crippen molar-refractivity contribution in [3.8, 4) is 5.75 Å². The molecule has 2 aromatic carbocycles. The van der Waals surface area contributed by atoms with Crippen LogP contribution in [0.3, 0.4) is 0 Å². The van der Waals surface area contributed by atoms with Gasteiger partial charge >= 0.3 is 5.97 Å². The van der Waals surface area contributed by atoms with Crippen LogP contribution < -0.4 is 9.46 Å². The van der Waals surface area contributed by atoms with Gasteiger partial charge in [0.05, 0.1) is 5.02 Å². The van der Waals surface area contributed by atoms with Gasteiger partial charge in [-0.1, -0.05) is 39.1 Å². The van der Waals surface area contributed by atoms with E-state index in [-0.39, 0.29) is 14.9 Å². The molecular weight excluding hydrogens is 493 g/mol. The lowest BCUT2D eigenvalue weighted by Gasteiger charge is -2.28. The minimum absolute atomic E-state index is 0.0765. The van der Waals surface area contributed by atoms with Gasteiger partial charge < -0.3 is 9.84 Å². The summed E-state index contributed by atoms with van der Waals surface area (Å²) >= 11 is 15.4. The van der Waals surface area contributed by atoms with E-state index in [0.29, 0.717) is 29.5 Å². The quantitative estimate of drug-likeness (QED) is 0.595. The Bertz CT molecular complexity index is 1030. The smallest absolute Gasteiger partial charge is 0.341 e. The Morgan fingerprint density at radius 3 is 2.75 bits per heavy atom. The van der Waals surface area contributed by atoms with Gasteiger partial charge in [-0.15, -0.1) is 0 Å². The molecule has 3 rings (SSSR count). The van der Waals surface area contributed by atoms with Crippen molar-refractivity contribution in [2.24, 2.45) is 0 Å². The number of halogens is 3. The minimum atomic E-state index is -3.92. The van der Waals surface area contributed by atoms with Crippen LogP contribution in [0.5, 0.6) is 5.75 Å². The first kappa shape index (κ1) is 21.4. The minimum Gasteiger partial charge on any atom is -0.482 e. The number of sulfonamides is 1. The zero-order valence-corrected chi connectivity index (χ0v) is 18.3. The van der Waals surface area contributed by atoms with Crippen LogP contribution in [-0.2, 0) is 21.2 Å². The normalized spacial score (nSPS) is 16.5. The molecule has 0 saturated heterocycles. The fourth-order valence-electron chi connectivity index (χ4n) is 3.17. The summed E-state index contributed by atoms with van der Waals surface area (Å²) in [5, 5.41) is 9.22. The average Bonchev–Trinajstić information content (AvgIpc) is 2.62. The van der Waals surface area contributed by atoms with E-state index in [4.69, 9.17) is 33.0 Å². The number of carboxylic acid groups (broad SMARTS) is 1. The molecule has 2 N–H and O–H groups in total. The van der Waals surface area contributed by atoms with E-state index in [2.05, 4.69) is 20.7 Å². The average molecular weight is 509 g/mol. The SMILES string of the molecule is O=C(O)COc1cc(Br)cc2c1CCC[C@H]2NS(=O)(=O)c1cc(Cl)ccc1Cl. The molecule has 0 radical (unpaired) electrons. The molecule has 6 nitrogen and oxygen atoms in total. The van der Waals surface area contributed by atoms with Gasteiger partial charge in [0.1, 0.15) is 10.6 Å². The largest absolute Gasteiger partial charge is 0.482 e. The molecule has 1 aliphatic carbocycles. The Hall–Kier alpha value is -1.32. The fourth-order valence-corrected chi connectivity index (χ4v) is 5.64. The maximum Gasteiger partial charge on any atom is 0.341 e. The second-order valence-corrected chi connectivity index (χ2v) is 9.74.